The van der Waals surface area contributed by atoms with E-state index >= 15 is 0 Å². The van der Waals surface area contributed by atoms with Crippen LogP contribution in [-0.4, -0.2) is 29.6 Å². The number of nitrogens with zero attached hydrogens (tertiary/aromatic N) is 3. The fraction of sp³-hybridized carbons (Fsp3) is 0.278. The molecule has 0 aliphatic rings. The average Bonchev–Trinajstić information content (AvgIpc) is 2.92. The van der Waals surface area contributed by atoms with Crippen molar-refractivity contribution in [2.75, 3.05) is 18.1 Å². The highest BCUT2D eigenvalue weighted by molar-refractivity contribution is 6.30. The minimum atomic E-state index is -0.574. The lowest BCUT2D eigenvalue weighted by atomic mass is 10.2. The molecule has 0 saturated heterocycles. The van der Waals surface area contributed by atoms with Crippen molar-refractivity contribution in [1.29, 1.82) is 5.26 Å². The maximum absolute atomic E-state index is 12.5. The summed E-state index contributed by atoms with van der Waals surface area (Å²) in [6.45, 7) is 1.64. The third kappa shape index (κ3) is 4.61. The van der Waals surface area contributed by atoms with Crippen molar-refractivity contribution < 1.29 is 14.3 Å². The van der Waals surface area contributed by atoms with Crippen molar-refractivity contribution in [2.24, 2.45) is 7.05 Å². The summed E-state index contributed by atoms with van der Waals surface area (Å²) in [5.74, 6) is -0.993. The molecule has 1 aromatic heterocycles. The van der Waals surface area contributed by atoms with Crippen LogP contribution >= 0.6 is 11.6 Å². The Bertz CT molecular complexity index is 823. The molecule has 7 heteroatoms. The summed E-state index contributed by atoms with van der Waals surface area (Å²) in [7, 11) is 1.75. The van der Waals surface area contributed by atoms with Crippen molar-refractivity contribution in [3.8, 4) is 6.07 Å². The van der Waals surface area contributed by atoms with Crippen molar-refractivity contribution >= 4 is 29.2 Å². The predicted molar refractivity (Wildman–Crippen MR) is 94.5 cm³/mol. The second-order valence-electron chi connectivity index (χ2n) is 5.43. The van der Waals surface area contributed by atoms with E-state index in [1.165, 1.54) is 4.90 Å². The molecule has 25 heavy (non-hydrogen) atoms. The first-order valence-corrected chi connectivity index (χ1v) is 8.04. The maximum Gasteiger partial charge on any atom is 0.355 e. The molecule has 0 N–H and O–H groups in total. The molecule has 2 aromatic rings. The Balaban J connectivity index is 2.08. The monoisotopic (exact) mass is 359 g/mol. The normalized spacial score (nSPS) is 10.2. The van der Waals surface area contributed by atoms with Crippen LogP contribution in [0.4, 0.5) is 5.69 Å². The number of anilines is 1. The minimum Gasteiger partial charge on any atom is -0.451 e. The lowest BCUT2D eigenvalue weighted by Gasteiger charge is -2.21. The van der Waals surface area contributed by atoms with Crippen LogP contribution in [0.15, 0.2) is 36.4 Å². The number of aromatic nitrogens is 1. The third-order valence-electron chi connectivity index (χ3n) is 3.78. The third-order valence-corrected chi connectivity index (χ3v) is 4.01. The molecule has 6 nitrogen and oxygen atoms in total. The number of amides is 1. The van der Waals surface area contributed by atoms with E-state index in [0.29, 0.717) is 16.4 Å². The molecule has 0 unspecified atom stereocenters. The van der Waals surface area contributed by atoms with Crippen LogP contribution in [0.3, 0.4) is 0 Å². The summed E-state index contributed by atoms with van der Waals surface area (Å²) < 4.78 is 6.82. The summed E-state index contributed by atoms with van der Waals surface area (Å²) in [5.41, 5.74) is 1.84. The molecule has 0 atom stereocenters. The van der Waals surface area contributed by atoms with Gasteiger partial charge in [-0.3, -0.25) is 4.79 Å². The van der Waals surface area contributed by atoms with Gasteiger partial charge in [-0.25, -0.2) is 4.79 Å². The van der Waals surface area contributed by atoms with E-state index in [2.05, 4.69) is 0 Å². The number of benzene rings is 1. The van der Waals surface area contributed by atoms with Crippen molar-refractivity contribution in [3.63, 3.8) is 0 Å². The van der Waals surface area contributed by atoms with Crippen LogP contribution < -0.4 is 4.90 Å². The first kappa shape index (κ1) is 18.6. The molecule has 0 aliphatic heterocycles. The van der Waals surface area contributed by atoms with Gasteiger partial charge >= 0.3 is 5.97 Å². The molecule has 0 fully saturated rings. The zero-order chi connectivity index (χ0) is 18.4. The Labute approximate surface area is 151 Å². The number of nitriles is 1. The van der Waals surface area contributed by atoms with Gasteiger partial charge in [-0.2, -0.15) is 5.26 Å². The van der Waals surface area contributed by atoms with E-state index in [1.54, 1.807) is 48.0 Å². The molecule has 0 bridgehead atoms. The first-order chi connectivity index (χ1) is 11.9. The lowest BCUT2D eigenvalue weighted by molar-refractivity contribution is -0.121. The number of hydrogen-bond donors (Lipinski definition) is 0. The number of esters is 1. The zero-order valence-electron chi connectivity index (χ0n) is 14.0. The lowest BCUT2D eigenvalue weighted by Crippen LogP contribution is -2.35. The summed E-state index contributed by atoms with van der Waals surface area (Å²) in [6.07, 6.45) is 0.156. The number of rotatable bonds is 6. The van der Waals surface area contributed by atoms with Gasteiger partial charge in [0.2, 0.25) is 0 Å². The fourth-order valence-corrected chi connectivity index (χ4v) is 2.49. The smallest absolute Gasteiger partial charge is 0.355 e. The van der Waals surface area contributed by atoms with Gasteiger partial charge in [-0.1, -0.05) is 17.7 Å². The zero-order valence-corrected chi connectivity index (χ0v) is 14.8. The Morgan fingerprint density at radius 1 is 1.32 bits per heavy atom. The van der Waals surface area contributed by atoms with E-state index in [1.807, 2.05) is 13.0 Å². The van der Waals surface area contributed by atoms with E-state index < -0.39 is 18.5 Å². The number of aryl methyl sites for hydroxylation is 1. The quantitative estimate of drug-likeness (QED) is 0.743. The highest BCUT2D eigenvalue weighted by Gasteiger charge is 2.19. The number of ether oxygens (including phenoxy) is 1. The van der Waals surface area contributed by atoms with Gasteiger partial charge < -0.3 is 14.2 Å². The van der Waals surface area contributed by atoms with Crippen LogP contribution in [0, 0.1) is 18.3 Å². The maximum atomic E-state index is 12.5. The Morgan fingerprint density at radius 2 is 2.08 bits per heavy atom. The highest BCUT2D eigenvalue weighted by atomic mass is 35.5. The molecule has 0 saturated carbocycles. The van der Waals surface area contributed by atoms with Crippen LogP contribution in [0.1, 0.15) is 22.6 Å². The topological polar surface area (TPSA) is 75.3 Å². The molecule has 0 radical (unpaired) electrons. The molecule has 130 valence electrons. The summed E-state index contributed by atoms with van der Waals surface area (Å²) in [6, 6.07) is 12.2. The molecular weight excluding hydrogens is 342 g/mol. The van der Waals surface area contributed by atoms with Gasteiger partial charge in [0.15, 0.2) is 6.61 Å². The Hall–Kier alpha value is -2.78. The fourth-order valence-electron chi connectivity index (χ4n) is 2.30. The minimum absolute atomic E-state index is 0.156. The van der Waals surface area contributed by atoms with Crippen LogP contribution in [0.2, 0.25) is 5.02 Å². The number of hydrogen-bond acceptors (Lipinski definition) is 4. The van der Waals surface area contributed by atoms with Crippen molar-refractivity contribution in [2.45, 2.75) is 13.3 Å². The van der Waals surface area contributed by atoms with Crippen LogP contribution in [0.5, 0.6) is 0 Å². The molecule has 1 aromatic carbocycles. The predicted octanol–water partition coefficient (Wildman–Crippen LogP) is 3.09. The highest BCUT2D eigenvalue weighted by Crippen LogP contribution is 2.20. The first-order valence-electron chi connectivity index (χ1n) is 7.66. The summed E-state index contributed by atoms with van der Waals surface area (Å²) in [5, 5.41) is 9.27. The Kier molecular flexibility index (Phi) is 6.20. The molecule has 0 spiro atoms. The van der Waals surface area contributed by atoms with E-state index in [4.69, 9.17) is 21.6 Å². The molecular formula is C18H18ClN3O3. The van der Waals surface area contributed by atoms with Gasteiger partial charge in [0, 0.05) is 30.0 Å². The van der Waals surface area contributed by atoms with Gasteiger partial charge in [0.1, 0.15) is 5.69 Å². The van der Waals surface area contributed by atoms with Crippen LogP contribution in [-0.2, 0) is 16.6 Å². The Morgan fingerprint density at radius 3 is 2.68 bits per heavy atom. The van der Waals surface area contributed by atoms with E-state index in [9.17, 15) is 9.59 Å². The summed E-state index contributed by atoms with van der Waals surface area (Å²) in [4.78, 5) is 26.0. The van der Waals surface area contributed by atoms with Gasteiger partial charge in [0.25, 0.3) is 5.91 Å². The molecule has 2 rings (SSSR count). The SMILES string of the molecule is Cc1ccc(C(=O)OCC(=O)N(CCC#N)c2cccc(Cl)c2)n1C. The van der Waals surface area contributed by atoms with E-state index in [-0.39, 0.29) is 13.0 Å². The largest absolute Gasteiger partial charge is 0.451 e. The summed E-state index contributed by atoms with van der Waals surface area (Å²) >= 11 is 5.96. The number of halogens is 1. The van der Waals surface area contributed by atoms with Crippen LogP contribution in [0.25, 0.3) is 0 Å². The van der Waals surface area contributed by atoms with Gasteiger partial charge in [-0.15, -0.1) is 0 Å². The second-order valence-corrected chi connectivity index (χ2v) is 5.86. The van der Waals surface area contributed by atoms with E-state index in [0.717, 1.165) is 5.69 Å². The van der Waals surface area contributed by atoms with Gasteiger partial charge in [0.05, 0.1) is 12.5 Å². The average molecular weight is 360 g/mol. The van der Waals surface area contributed by atoms with Crippen molar-refractivity contribution in [3.05, 3.63) is 52.8 Å². The standard InChI is InChI=1S/C18H18ClN3O3/c1-13-7-8-16(21(13)2)18(24)25-12-17(23)22(10-4-9-20)15-6-3-5-14(19)11-15/h3,5-8,11H,4,10,12H2,1-2H3. The molecule has 0 aliphatic carbocycles. The number of carbonyl (C=O) groups excluding carboxylic acids is 2. The van der Waals surface area contributed by atoms with Crippen molar-refractivity contribution in [1.82, 2.24) is 4.57 Å². The molecule has 1 amide bonds. The second kappa shape index (κ2) is 8.36. The van der Waals surface area contributed by atoms with Gasteiger partial charge in [-0.05, 0) is 37.3 Å². The molecule has 1 heterocycles. The number of carbonyl (C=O) groups is 2.